The summed E-state index contributed by atoms with van der Waals surface area (Å²) in [6, 6.07) is 2.93. The van der Waals surface area contributed by atoms with Gasteiger partial charge in [0, 0.05) is 10.8 Å². The van der Waals surface area contributed by atoms with Gasteiger partial charge in [0.2, 0.25) is 5.91 Å². The monoisotopic (exact) mass is 324 g/mol. The van der Waals surface area contributed by atoms with Crippen LogP contribution in [0.25, 0.3) is 5.57 Å². The van der Waals surface area contributed by atoms with E-state index in [1.54, 1.807) is 6.92 Å². The van der Waals surface area contributed by atoms with Crippen molar-refractivity contribution in [2.75, 3.05) is 0 Å². The van der Waals surface area contributed by atoms with Crippen molar-refractivity contribution >= 4 is 29.2 Å². The maximum absolute atomic E-state index is 13.6. The third-order valence-corrected chi connectivity index (χ3v) is 5.22. The molecule has 0 radical (unpaired) electrons. The summed E-state index contributed by atoms with van der Waals surface area (Å²) in [5, 5.41) is 18.1. The lowest BCUT2D eigenvalue weighted by Gasteiger charge is -2.49. The highest BCUT2D eigenvalue weighted by molar-refractivity contribution is 8.01. The predicted octanol–water partition coefficient (Wildman–Crippen LogP) is 0.958. The lowest BCUT2D eigenvalue weighted by molar-refractivity contribution is -0.147. The quantitative estimate of drug-likeness (QED) is 0.700. The van der Waals surface area contributed by atoms with E-state index in [-0.39, 0.29) is 10.9 Å². The molecule has 3 rings (SSSR count). The molecule has 0 spiro atoms. The van der Waals surface area contributed by atoms with Crippen LogP contribution in [-0.4, -0.2) is 43.7 Å². The molecule has 0 aromatic heterocycles. The molecule has 1 amide bonds. The number of nitrogens with zero attached hydrogens (tertiary/aromatic N) is 1. The zero-order chi connectivity index (χ0) is 16.2. The number of hydrogen-bond acceptors (Lipinski definition) is 5. The number of carbonyl (C=O) groups is 2. The highest BCUT2D eigenvalue weighted by atomic mass is 32.2. The largest absolute Gasteiger partial charge is 0.505 e. The third kappa shape index (κ3) is 1.98. The van der Waals surface area contributed by atoms with Crippen molar-refractivity contribution < 1.29 is 24.2 Å². The molecule has 0 saturated carbocycles. The Kier molecular flexibility index (Phi) is 3.37. The number of amides is 1. The number of β-lactam (4-membered cyclic amide) rings is 1. The number of aromatic hydroxyl groups is 1. The molecule has 3 atom stereocenters. The number of phenolic OH excluding ortho intramolecular Hbond substituents is 1. The van der Waals surface area contributed by atoms with Crippen LogP contribution >= 0.6 is 11.8 Å². The molecule has 22 heavy (non-hydrogen) atoms. The Morgan fingerprint density at radius 2 is 2.14 bits per heavy atom. The Hall–Kier alpha value is -2.06. The van der Waals surface area contributed by atoms with Crippen LogP contribution in [0.4, 0.5) is 4.39 Å². The Labute approximate surface area is 129 Å². The lowest BCUT2D eigenvalue weighted by atomic mass is 9.96. The average Bonchev–Trinajstić information content (AvgIpc) is 2.48. The van der Waals surface area contributed by atoms with Crippen LogP contribution in [0.2, 0.25) is 0 Å². The van der Waals surface area contributed by atoms with Crippen molar-refractivity contribution in [1.82, 2.24) is 4.90 Å². The van der Waals surface area contributed by atoms with E-state index in [2.05, 4.69) is 0 Å². The summed E-state index contributed by atoms with van der Waals surface area (Å²) >= 11 is 1.36. The van der Waals surface area contributed by atoms with Crippen molar-refractivity contribution in [1.29, 1.82) is 0 Å². The maximum Gasteiger partial charge on any atom is 0.352 e. The maximum atomic E-state index is 13.6. The highest BCUT2D eigenvalue weighted by Crippen LogP contribution is 2.46. The molecule has 1 saturated heterocycles. The number of thioether (sulfide) groups is 1. The minimum atomic E-state index is -1.26. The van der Waals surface area contributed by atoms with Gasteiger partial charge in [-0.25, -0.2) is 9.18 Å². The van der Waals surface area contributed by atoms with Crippen molar-refractivity contribution in [2.45, 2.75) is 23.6 Å². The van der Waals surface area contributed by atoms with Gasteiger partial charge in [-0.2, -0.15) is 0 Å². The third-order valence-electron chi connectivity index (χ3n) is 3.79. The molecule has 2 heterocycles. The number of carboxylic acid groups (broad SMARTS) is 1. The zero-order valence-electron chi connectivity index (χ0n) is 11.5. The van der Waals surface area contributed by atoms with Crippen molar-refractivity contribution in [3.05, 3.63) is 35.3 Å². The number of nitrogens with two attached hydrogens (primary N) is 1. The SMILES string of the molecule is CC1S[C@@H]2C(N)C(=O)N2C(C(=O)O)=C1c1ccc(O)c(F)c1. The van der Waals surface area contributed by atoms with Crippen molar-refractivity contribution in [3.63, 3.8) is 0 Å². The smallest absolute Gasteiger partial charge is 0.352 e. The minimum Gasteiger partial charge on any atom is -0.505 e. The van der Waals surface area contributed by atoms with E-state index in [4.69, 9.17) is 5.73 Å². The normalized spacial score (nSPS) is 27.5. The van der Waals surface area contributed by atoms with Crippen LogP contribution in [0.1, 0.15) is 12.5 Å². The number of phenols is 1. The summed E-state index contributed by atoms with van der Waals surface area (Å²) < 4.78 is 13.6. The first kappa shape index (κ1) is 14.9. The van der Waals surface area contributed by atoms with E-state index in [1.165, 1.54) is 17.8 Å². The molecule has 1 aromatic carbocycles. The lowest BCUT2D eigenvalue weighted by Crippen LogP contribution is -2.68. The molecule has 1 aromatic rings. The summed E-state index contributed by atoms with van der Waals surface area (Å²) in [5.41, 5.74) is 6.20. The number of hydrogen-bond donors (Lipinski definition) is 3. The fourth-order valence-corrected chi connectivity index (χ4v) is 4.15. The standard InChI is InChI=1S/C14H13FN2O4S/c1-5-9(6-2-3-8(18)7(15)4-6)11(14(20)21)17-12(19)10(16)13(17)22-5/h2-5,10,13,18H,16H2,1H3,(H,20,21)/t5?,10?,13-/m1/s1. The van der Waals surface area contributed by atoms with E-state index in [1.807, 2.05) is 0 Å². The van der Waals surface area contributed by atoms with E-state index in [9.17, 15) is 24.2 Å². The van der Waals surface area contributed by atoms with Gasteiger partial charge in [-0.15, -0.1) is 11.8 Å². The molecule has 0 bridgehead atoms. The Morgan fingerprint density at radius 1 is 1.45 bits per heavy atom. The van der Waals surface area contributed by atoms with Gasteiger partial charge in [-0.3, -0.25) is 9.69 Å². The summed E-state index contributed by atoms with van der Waals surface area (Å²) in [5.74, 6) is -3.09. The average molecular weight is 324 g/mol. The number of fused-ring (bicyclic) bond motifs is 1. The molecule has 4 N–H and O–H groups in total. The van der Waals surface area contributed by atoms with E-state index in [0.29, 0.717) is 11.1 Å². The fourth-order valence-electron chi connectivity index (χ4n) is 2.73. The van der Waals surface area contributed by atoms with Gasteiger partial charge in [0.1, 0.15) is 17.1 Å². The van der Waals surface area contributed by atoms with Gasteiger partial charge in [0.25, 0.3) is 0 Å². The van der Waals surface area contributed by atoms with Gasteiger partial charge in [-0.05, 0) is 24.6 Å². The molecule has 0 aliphatic carbocycles. The summed E-state index contributed by atoms with van der Waals surface area (Å²) in [7, 11) is 0. The highest BCUT2D eigenvalue weighted by Gasteiger charge is 2.53. The molecule has 2 aliphatic rings. The first-order valence-corrected chi connectivity index (χ1v) is 7.47. The second kappa shape index (κ2) is 4.99. The number of rotatable bonds is 2. The summed E-state index contributed by atoms with van der Waals surface area (Å²) in [6.07, 6.45) is 0. The van der Waals surface area contributed by atoms with Gasteiger partial charge < -0.3 is 15.9 Å². The zero-order valence-corrected chi connectivity index (χ0v) is 12.3. The van der Waals surface area contributed by atoms with Gasteiger partial charge in [0.05, 0.1) is 0 Å². The molecular formula is C14H13FN2O4S. The second-order valence-corrected chi connectivity index (χ2v) is 6.60. The van der Waals surface area contributed by atoms with Gasteiger partial charge in [0.15, 0.2) is 11.6 Å². The summed E-state index contributed by atoms with van der Waals surface area (Å²) in [4.78, 5) is 24.7. The van der Waals surface area contributed by atoms with Crippen LogP contribution in [-0.2, 0) is 9.59 Å². The van der Waals surface area contributed by atoms with E-state index < -0.39 is 34.9 Å². The topological polar surface area (TPSA) is 104 Å². The molecule has 2 aliphatic heterocycles. The second-order valence-electron chi connectivity index (χ2n) is 5.14. The molecule has 116 valence electrons. The predicted molar refractivity (Wildman–Crippen MR) is 78.3 cm³/mol. The van der Waals surface area contributed by atoms with E-state index in [0.717, 1.165) is 17.0 Å². The number of halogens is 1. The number of aliphatic carboxylic acids is 1. The van der Waals surface area contributed by atoms with Crippen LogP contribution in [0.5, 0.6) is 5.75 Å². The van der Waals surface area contributed by atoms with Crippen LogP contribution in [0.15, 0.2) is 23.9 Å². The molecule has 6 nitrogen and oxygen atoms in total. The summed E-state index contributed by atoms with van der Waals surface area (Å²) in [6.45, 7) is 1.78. The Morgan fingerprint density at radius 3 is 2.73 bits per heavy atom. The van der Waals surface area contributed by atoms with E-state index >= 15 is 0 Å². The van der Waals surface area contributed by atoms with Crippen LogP contribution < -0.4 is 5.73 Å². The van der Waals surface area contributed by atoms with Gasteiger partial charge >= 0.3 is 5.97 Å². The molecule has 2 unspecified atom stereocenters. The first-order valence-electron chi connectivity index (χ1n) is 6.53. The van der Waals surface area contributed by atoms with Crippen molar-refractivity contribution in [2.24, 2.45) is 5.73 Å². The van der Waals surface area contributed by atoms with Crippen molar-refractivity contribution in [3.8, 4) is 5.75 Å². The molecule has 8 heteroatoms. The molecule has 1 fully saturated rings. The number of carbonyl (C=O) groups excluding carboxylic acids is 1. The number of carboxylic acids is 1. The van der Waals surface area contributed by atoms with Crippen LogP contribution in [0, 0.1) is 5.82 Å². The Balaban J connectivity index is 2.18. The van der Waals surface area contributed by atoms with Gasteiger partial charge in [-0.1, -0.05) is 6.07 Å². The fraction of sp³-hybridized carbons (Fsp3) is 0.286. The van der Waals surface area contributed by atoms with Crippen LogP contribution in [0.3, 0.4) is 0 Å². The Bertz CT molecular complexity index is 721. The number of benzene rings is 1. The first-order chi connectivity index (χ1) is 10.3. The molecular weight excluding hydrogens is 311 g/mol. The minimum absolute atomic E-state index is 0.173.